The predicted octanol–water partition coefficient (Wildman–Crippen LogP) is 5.58. The number of nitro groups is 1. The number of nitrogens with one attached hydrogen (secondary N) is 1. The molecule has 0 aliphatic carbocycles. The van der Waals surface area contributed by atoms with E-state index in [9.17, 15) is 24.5 Å². The van der Waals surface area contributed by atoms with Crippen molar-refractivity contribution in [2.75, 3.05) is 11.5 Å². The van der Waals surface area contributed by atoms with E-state index >= 15 is 0 Å². The summed E-state index contributed by atoms with van der Waals surface area (Å²) in [5.74, 6) is -0.797. The lowest BCUT2D eigenvalue weighted by molar-refractivity contribution is -0.384. The molecule has 0 spiro atoms. The van der Waals surface area contributed by atoms with Crippen LogP contribution in [0.15, 0.2) is 72.8 Å². The van der Waals surface area contributed by atoms with Gasteiger partial charge in [0.15, 0.2) is 11.5 Å². The summed E-state index contributed by atoms with van der Waals surface area (Å²) in [7, 11) is 0. The lowest BCUT2D eigenvalue weighted by Gasteiger charge is -2.27. The minimum absolute atomic E-state index is 0.0419. The molecule has 0 unspecified atom stereocenters. The van der Waals surface area contributed by atoms with E-state index in [1.54, 1.807) is 49.4 Å². The van der Waals surface area contributed by atoms with Crippen LogP contribution in [0.5, 0.6) is 11.5 Å². The molecule has 0 saturated carbocycles. The smallest absolute Gasteiger partial charge is 0.335 e. The van der Waals surface area contributed by atoms with Gasteiger partial charge in [0.2, 0.25) is 0 Å². The average Bonchev–Trinajstić information content (AvgIpc) is 2.90. The maximum absolute atomic E-state index is 13.5. The first-order valence-electron chi connectivity index (χ1n) is 12.9. The Morgan fingerprint density at radius 2 is 1.76 bits per heavy atom. The molecule has 0 radical (unpaired) electrons. The van der Waals surface area contributed by atoms with Gasteiger partial charge in [-0.25, -0.2) is 9.69 Å². The molecule has 210 valence electrons. The molecular formula is C31H29N3O7. The van der Waals surface area contributed by atoms with E-state index in [4.69, 9.17) is 9.47 Å². The highest BCUT2D eigenvalue weighted by Crippen LogP contribution is 2.36. The van der Waals surface area contributed by atoms with Gasteiger partial charge in [0.1, 0.15) is 12.2 Å². The summed E-state index contributed by atoms with van der Waals surface area (Å²) in [6, 6.07) is 14.0. The number of hydrogen-bond acceptors (Lipinski definition) is 7. The highest BCUT2D eigenvalue weighted by atomic mass is 16.6. The summed E-state index contributed by atoms with van der Waals surface area (Å²) in [4.78, 5) is 50.5. The van der Waals surface area contributed by atoms with Gasteiger partial charge >= 0.3 is 6.03 Å². The molecule has 1 fully saturated rings. The van der Waals surface area contributed by atoms with Gasteiger partial charge in [-0.15, -0.1) is 6.58 Å². The van der Waals surface area contributed by atoms with Gasteiger partial charge in [0.25, 0.3) is 17.5 Å². The molecule has 10 heteroatoms. The van der Waals surface area contributed by atoms with Crippen molar-refractivity contribution in [3.05, 3.63) is 111 Å². The van der Waals surface area contributed by atoms with Crippen LogP contribution < -0.4 is 19.7 Å². The summed E-state index contributed by atoms with van der Waals surface area (Å²) in [5.41, 5.74) is 3.54. The zero-order valence-corrected chi connectivity index (χ0v) is 22.9. The third-order valence-corrected chi connectivity index (χ3v) is 6.20. The van der Waals surface area contributed by atoms with Gasteiger partial charge in [-0.1, -0.05) is 24.3 Å². The van der Waals surface area contributed by atoms with Crippen molar-refractivity contribution in [3.63, 3.8) is 0 Å². The largest absolute Gasteiger partial charge is 0.490 e. The zero-order valence-electron chi connectivity index (χ0n) is 22.9. The number of ether oxygens (including phenoxy) is 2. The number of carbonyl (C=O) groups is 3. The number of aryl methyl sites for hydroxylation is 2. The monoisotopic (exact) mass is 555 g/mol. The third kappa shape index (κ3) is 6.50. The van der Waals surface area contributed by atoms with E-state index in [2.05, 4.69) is 11.9 Å². The number of nitro benzene ring substituents is 1. The highest BCUT2D eigenvalue weighted by molar-refractivity contribution is 6.39. The number of imide groups is 2. The van der Waals surface area contributed by atoms with Crippen molar-refractivity contribution in [1.82, 2.24) is 5.32 Å². The van der Waals surface area contributed by atoms with Crippen molar-refractivity contribution >= 4 is 35.3 Å². The Labute approximate surface area is 237 Å². The fourth-order valence-electron chi connectivity index (χ4n) is 4.55. The van der Waals surface area contributed by atoms with Gasteiger partial charge in [0.05, 0.1) is 17.2 Å². The molecule has 0 bridgehead atoms. The van der Waals surface area contributed by atoms with Crippen LogP contribution in [-0.4, -0.2) is 29.4 Å². The minimum atomic E-state index is -0.825. The Balaban J connectivity index is 1.72. The summed E-state index contributed by atoms with van der Waals surface area (Å²) in [5, 5.41) is 13.4. The molecule has 3 aromatic carbocycles. The van der Waals surface area contributed by atoms with E-state index in [0.717, 1.165) is 16.0 Å². The van der Waals surface area contributed by atoms with E-state index < -0.39 is 22.8 Å². The molecule has 41 heavy (non-hydrogen) atoms. The average molecular weight is 556 g/mol. The first kappa shape index (κ1) is 28.8. The Kier molecular flexibility index (Phi) is 8.62. The van der Waals surface area contributed by atoms with Crippen molar-refractivity contribution < 1.29 is 28.8 Å². The number of hydrogen-bond donors (Lipinski definition) is 1. The molecule has 1 heterocycles. The van der Waals surface area contributed by atoms with Crippen LogP contribution in [0.3, 0.4) is 0 Å². The van der Waals surface area contributed by atoms with E-state index in [0.29, 0.717) is 46.9 Å². The summed E-state index contributed by atoms with van der Waals surface area (Å²) in [6.45, 7) is 9.65. The van der Waals surface area contributed by atoms with Gasteiger partial charge in [0, 0.05) is 17.7 Å². The Morgan fingerprint density at radius 3 is 2.41 bits per heavy atom. The number of urea groups is 1. The van der Waals surface area contributed by atoms with Crippen molar-refractivity contribution in [2.45, 2.75) is 33.8 Å². The SMILES string of the molecule is C=CCc1cc(/C=C2\C(=O)NC(=O)N(c3cc(C)cc(C)c3)C2=O)cc(OCC)c1OCc1cccc([N+](=O)[O-])c1. The topological polar surface area (TPSA) is 128 Å². The highest BCUT2D eigenvalue weighted by Gasteiger charge is 2.37. The fourth-order valence-corrected chi connectivity index (χ4v) is 4.55. The van der Waals surface area contributed by atoms with Gasteiger partial charge in [-0.3, -0.25) is 25.0 Å². The molecule has 1 aliphatic rings. The number of carbonyl (C=O) groups excluding carboxylic acids is 3. The molecule has 10 nitrogen and oxygen atoms in total. The molecule has 1 aliphatic heterocycles. The van der Waals surface area contributed by atoms with Gasteiger partial charge in [-0.2, -0.15) is 0 Å². The molecule has 3 aromatic rings. The van der Waals surface area contributed by atoms with Crippen LogP contribution in [0, 0.1) is 24.0 Å². The number of non-ortho nitro benzene ring substituents is 1. The van der Waals surface area contributed by atoms with Crippen molar-refractivity contribution in [2.24, 2.45) is 0 Å². The number of rotatable bonds is 10. The molecule has 1 saturated heterocycles. The van der Waals surface area contributed by atoms with Crippen LogP contribution in [0.4, 0.5) is 16.2 Å². The van der Waals surface area contributed by atoms with Gasteiger partial charge in [-0.05, 0) is 79.8 Å². The van der Waals surface area contributed by atoms with E-state index in [1.807, 2.05) is 19.9 Å². The Bertz CT molecular complexity index is 1570. The number of nitrogens with zero attached hydrogens (tertiary/aromatic N) is 2. The first-order valence-corrected chi connectivity index (χ1v) is 12.9. The normalized spacial score (nSPS) is 14.2. The number of anilines is 1. The lowest BCUT2D eigenvalue weighted by Crippen LogP contribution is -2.54. The number of allylic oxidation sites excluding steroid dienone is 1. The maximum atomic E-state index is 13.5. The zero-order chi connectivity index (χ0) is 29.7. The molecule has 4 amide bonds. The second kappa shape index (κ2) is 12.3. The molecule has 0 aromatic heterocycles. The molecule has 4 rings (SSSR count). The Hall–Kier alpha value is -5.25. The predicted molar refractivity (Wildman–Crippen MR) is 154 cm³/mol. The summed E-state index contributed by atoms with van der Waals surface area (Å²) >= 11 is 0. The van der Waals surface area contributed by atoms with Crippen LogP contribution in [-0.2, 0) is 22.6 Å². The third-order valence-electron chi connectivity index (χ3n) is 6.20. The minimum Gasteiger partial charge on any atom is -0.490 e. The van der Waals surface area contributed by atoms with E-state index in [-0.39, 0.29) is 17.9 Å². The van der Waals surface area contributed by atoms with Crippen molar-refractivity contribution in [3.8, 4) is 11.5 Å². The van der Waals surface area contributed by atoms with Crippen molar-refractivity contribution in [1.29, 1.82) is 0 Å². The fraction of sp³-hybridized carbons (Fsp3) is 0.194. The number of amides is 4. The second-order valence-electron chi connectivity index (χ2n) is 9.45. The van der Waals surface area contributed by atoms with Crippen LogP contribution in [0.2, 0.25) is 0 Å². The number of barbiturate groups is 1. The first-order chi connectivity index (χ1) is 19.6. The van der Waals surface area contributed by atoms with E-state index in [1.165, 1.54) is 18.2 Å². The molecular weight excluding hydrogens is 526 g/mol. The number of benzene rings is 3. The molecule has 1 N–H and O–H groups in total. The maximum Gasteiger partial charge on any atom is 0.335 e. The Morgan fingerprint density at radius 1 is 1.02 bits per heavy atom. The summed E-state index contributed by atoms with van der Waals surface area (Å²) < 4.78 is 11.9. The quantitative estimate of drug-likeness (QED) is 0.114. The standard InChI is InChI=1S/C31H29N3O7/c1-5-8-23-14-22(17-27(40-6-2)28(23)41-18-21-9-7-10-24(15-21)34(38)39)16-26-29(35)32-31(37)33(30(26)36)25-12-19(3)11-20(4)13-25/h5,7,9-17H,1,6,8,18H2,2-4H3,(H,32,35,37)/b26-16+. The molecule has 0 atom stereocenters. The lowest BCUT2D eigenvalue weighted by atomic mass is 10.0. The second-order valence-corrected chi connectivity index (χ2v) is 9.45. The van der Waals surface area contributed by atoms with Crippen LogP contribution >= 0.6 is 0 Å². The van der Waals surface area contributed by atoms with Crippen LogP contribution in [0.25, 0.3) is 6.08 Å². The van der Waals surface area contributed by atoms with Gasteiger partial charge < -0.3 is 9.47 Å². The van der Waals surface area contributed by atoms with Crippen LogP contribution in [0.1, 0.15) is 34.7 Å². The summed E-state index contributed by atoms with van der Waals surface area (Å²) in [6.07, 6.45) is 3.44.